The largest absolute Gasteiger partial charge is 0.497 e. The number of ether oxygens (including phenoxy) is 2. The Bertz CT molecular complexity index is 1340. The van der Waals surface area contributed by atoms with Crippen LogP contribution in [0.3, 0.4) is 0 Å². The van der Waals surface area contributed by atoms with Gasteiger partial charge >= 0.3 is 5.97 Å². The summed E-state index contributed by atoms with van der Waals surface area (Å²) in [6, 6.07) is 19.4. The average molecular weight is 473 g/mol. The Kier molecular flexibility index (Phi) is 7.34. The van der Waals surface area contributed by atoms with E-state index in [2.05, 4.69) is 10.3 Å². The Hall–Kier alpha value is -3.97. The summed E-state index contributed by atoms with van der Waals surface area (Å²) < 4.78 is 10.5. The number of methoxy groups -OCH3 is 1. The monoisotopic (exact) mass is 472 g/mol. The van der Waals surface area contributed by atoms with Crippen molar-refractivity contribution in [3.05, 3.63) is 93.9 Å². The van der Waals surface area contributed by atoms with E-state index in [1.54, 1.807) is 18.6 Å². The van der Waals surface area contributed by atoms with Crippen molar-refractivity contribution in [1.82, 2.24) is 4.98 Å². The molecule has 0 fully saturated rings. The van der Waals surface area contributed by atoms with Crippen molar-refractivity contribution >= 4 is 45.7 Å². The highest BCUT2D eigenvalue weighted by Gasteiger charge is 2.10. The zero-order valence-electron chi connectivity index (χ0n) is 18.9. The van der Waals surface area contributed by atoms with Gasteiger partial charge in [0.15, 0.2) is 0 Å². The van der Waals surface area contributed by atoms with Crippen LogP contribution in [0.1, 0.15) is 21.8 Å². The molecule has 0 aliphatic heterocycles. The zero-order valence-corrected chi connectivity index (χ0v) is 19.7. The van der Waals surface area contributed by atoms with Crippen molar-refractivity contribution in [2.45, 2.75) is 20.0 Å². The van der Waals surface area contributed by atoms with E-state index in [1.807, 2.05) is 67.6 Å². The number of hydrogen-bond acceptors (Lipinski definition) is 6. The second kappa shape index (κ2) is 10.8. The number of hydrogen-bond donors (Lipinski definition) is 1. The number of aryl methyl sites for hydroxylation is 1. The Labute approximate surface area is 201 Å². The fourth-order valence-corrected chi connectivity index (χ4v) is 4.08. The minimum atomic E-state index is -0.457. The van der Waals surface area contributed by atoms with Gasteiger partial charge in [-0.25, -0.2) is 9.78 Å². The molecule has 4 aromatic rings. The summed E-state index contributed by atoms with van der Waals surface area (Å²) >= 11 is 1.37. The highest BCUT2D eigenvalue weighted by Crippen LogP contribution is 2.22. The summed E-state index contributed by atoms with van der Waals surface area (Å²) in [4.78, 5) is 28.8. The summed E-state index contributed by atoms with van der Waals surface area (Å²) in [6.45, 7) is 2.04. The molecule has 0 spiro atoms. The van der Waals surface area contributed by atoms with E-state index in [1.165, 1.54) is 17.4 Å². The van der Waals surface area contributed by atoms with E-state index in [-0.39, 0.29) is 18.9 Å². The number of carbonyl (C=O) groups is 2. The fourth-order valence-electron chi connectivity index (χ4n) is 3.31. The number of carbonyl (C=O) groups excluding carboxylic acids is 2. The molecule has 1 aromatic heterocycles. The van der Waals surface area contributed by atoms with Gasteiger partial charge in [-0.1, -0.05) is 35.9 Å². The molecule has 4 rings (SSSR count). The molecule has 0 aliphatic carbocycles. The van der Waals surface area contributed by atoms with Crippen molar-refractivity contribution in [3.63, 3.8) is 0 Å². The quantitative estimate of drug-likeness (QED) is 0.269. The summed E-state index contributed by atoms with van der Waals surface area (Å²) in [7, 11) is 1.64. The SMILES string of the molecule is COc1ccc2cc(/C=C/C(=O)OCc3csc(CC(=O)Nc4ccc(C)cc4)n3)ccc2c1. The Morgan fingerprint density at radius 3 is 2.59 bits per heavy atom. The number of aromatic nitrogens is 1. The predicted molar refractivity (Wildman–Crippen MR) is 135 cm³/mol. The molecule has 7 heteroatoms. The van der Waals surface area contributed by atoms with Crippen LogP contribution in [-0.2, 0) is 27.4 Å². The molecular formula is C27H24N2O4S. The molecule has 0 radical (unpaired) electrons. The maximum Gasteiger partial charge on any atom is 0.331 e. The first-order valence-electron chi connectivity index (χ1n) is 10.7. The van der Waals surface area contributed by atoms with Gasteiger partial charge in [-0.3, -0.25) is 4.79 Å². The van der Waals surface area contributed by atoms with Crippen molar-refractivity contribution in [3.8, 4) is 5.75 Å². The van der Waals surface area contributed by atoms with Crippen LogP contribution in [0.25, 0.3) is 16.8 Å². The molecule has 1 amide bonds. The number of esters is 1. The van der Waals surface area contributed by atoms with Crippen molar-refractivity contribution < 1.29 is 19.1 Å². The number of amides is 1. The standard InChI is InChI=1S/C27H24N2O4S/c1-18-3-9-22(10-4-18)28-25(30)15-26-29-23(17-34-26)16-33-27(31)12-6-19-5-7-21-14-24(32-2)11-8-20(21)13-19/h3-14,17H,15-16H2,1-2H3,(H,28,30)/b12-6+. The maximum absolute atomic E-state index is 12.2. The third-order valence-electron chi connectivity index (χ3n) is 5.09. The average Bonchev–Trinajstić information content (AvgIpc) is 3.29. The molecule has 0 bridgehead atoms. The maximum atomic E-state index is 12.2. The molecular weight excluding hydrogens is 448 g/mol. The van der Waals surface area contributed by atoms with Gasteiger partial charge in [-0.15, -0.1) is 11.3 Å². The van der Waals surface area contributed by atoms with Gasteiger partial charge in [0.05, 0.1) is 19.2 Å². The van der Waals surface area contributed by atoms with Crippen LogP contribution in [0.5, 0.6) is 5.75 Å². The van der Waals surface area contributed by atoms with Gasteiger partial charge in [0, 0.05) is 17.1 Å². The second-order valence-corrected chi connectivity index (χ2v) is 8.68. The van der Waals surface area contributed by atoms with E-state index in [0.717, 1.165) is 33.3 Å². The minimum Gasteiger partial charge on any atom is -0.497 e. The van der Waals surface area contributed by atoms with Gasteiger partial charge in [-0.05, 0) is 59.7 Å². The van der Waals surface area contributed by atoms with E-state index in [4.69, 9.17) is 9.47 Å². The zero-order chi connectivity index (χ0) is 23.9. The molecule has 0 saturated heterocycles. The summed E-state index contributed by atoms with van der Waals surface area (Å²) in [5.41, 5.74) is 3.39. The molecule has 0 unspecified atom stereocenters. The minimum absolute atomic E-state index is 0.0524. The van der Waals surface area contributed by atoms with Crippen LogP contribution in [-0.4, -0.2) is 24.0 Å². The van der Waals surface area contributed by atoms with E-state index < -0.39 is 5.97 Å². The molecule has 3 aromatic carbocycles. The highest BCUT2D eigenvalue weighted by molar-refractivity contribution is 7.09. The number of thiazole rings is 1. The third kappa shape index (κ3) is 6.30. The summed E-state index contributed by atoms with van der Waals surface area (Å²) in [6.07, 6.45) is 3.28. The van der Waals surface area contributed by atoms with Crippen LogP contribution in [0.2, 0.25) is 0 Å². The molecule has 0 atom stereocenters. The van der Waals surface area contributed by atoms with Crippen molar-refractivity contribution in [1.29, 1.82) is 0 Å². The number of anilines is 1. The Morgan fingerprint density at radius 2 is 1.79 bits per heavy atom. The van der Waals surface area contributed by atoms with Gasteiger partial charge in [0.1, 0.15) is 17.4 Å². The topological polar surface area (TPSA) is 77.5 Å². The van der Waals surface area contributed by atoms with Gasteiger partial charge in [0.25, 0.3) is 0 Å². The first kappa shape index (κ1) is 23.2. The third-order valence-corrected chi connectivity index (χ3v) is 5.99. The Balaban J connectivity index is 1.27. The van der Waals surface area contributed by atoms with Gasteiger partial charge < -0.3 is 14.8 Å². The first-order chi connectivity index (χ1) is 16.5. The molecule has 1 heterocycles. The van der Waals surface area contributed by atoms with Gasteiger partial charge in [0.2, 0.25) is 5.91 Å². The predicted octanol–water partition coefficient (Wildman–Crippen LogP) is 5.55. The number of fused-ring (bicyclic) bond motifs is 1. The number of nitrogens with one attached hydrogen (secondary N) is 1. The lowest BCUT2D eigenvalue weighted by atomic mass is 10.1. The number of nitrogens with zero attached hydrogens (tertiary/aromatic N) is 1. The molecule has 0 saturated carbocycles. The second-order valence-electron chi connectivity index (χ2n) is 7.74. The molecule has 1 N–H and O–H groups in total. The lowest BCUT2D eigenvalue weighted by Gasteiger charge is -2.04. The van der Waals surface area contributed by atoms with E-state index in [9.17, 15) is 9.59 Å². The molecule has 0 aliphatic rings. The number of rotatable bonds is 8. The van der Waals surface area contributed by atoms with Crippen LogP contribution in [0.4, 0.5) is 5.69 Å². The van der Waals surface area contributed by atoms with E-state index >= 15 is 0 Å². The van der Waals surface area contributed by atoms with Crippen LogP contribution >= 0.6 is 11.3 Å². The van der Waals surface area contributed by atoms with Crippen LogP contribution in [0.15, 0.2) is 72.1 Å². The molecule has 34 heavy (non-hydrogen) atoms. The van der Waals surface area contributed by atoms with E-state index in [0.29, 0.717) is 10.7 Å². The first-order valence-corrected chi connectivity index (χ1v) is 11.6. The smallest absolute Gasteiger partial charge is 0.331 e. The normalized spacial score (nSPS) is 11.0. The van der Waals surface area contributed by atoms with Gasteiger partial charge in [-0.2, -0.15) is 0 Å². The van der Waals surface area contributed by atoms with Crippen molar-refractivity contribution in [2.75, 3.05) is 12.4 Å². The van der Waals surface area contributed by atoms with Crippen molar-refractivity contribution in [2.24, 2.45) is 0 Å². The number of benzene rings is 3. The van der Waals surface area contributed by atoms with Crippen LogP contribution < -0.4 is 10.1 Å². The van der Waals surface area contributed by atoms with Crippen LogP contribution in [0, 0.1) is 6.92 Å². The Morgan fingerprint density at radius 1 is 1.03 bits per heavy atom. The molecule has 172 valence electrons. The summed E-state index contributed by atoms with van der Waals surface area (Å²) in [5, 5.41) is 7.43. The highest BCUT2D eigenvalue weighted by atomic mass is 32.1. The molecule has 6 nitrogen and oxygen atoms in total. The lowest BCUT2D eigenvalue weighted by Crippen LogP contribution is -2.14. The summed E-state index contributed by atoms with van der Waals surface area (Å²) in [5.74, 6) is 0.205. The fraction of sp³-hybridized carbons (Fsp3) is 0.148. The lowest BCUT2D eigenvalue weighted by molar-refractivity contribution is -0.139.